The fraction of sp³-hybridized carbons (Fsp3) is 0.714. The Morgan fingerprint density at radius 1 is 1.55 bits per heavy atom. The van der Waals surface area contributed by atoms with E-state index in [0.29, 0.717) is 6.42 Å². The van der Waals surface area contributed by atoms with E-state index < -0.39 is 0 Å². The molecule has 0 N–H and O–H groups in total. The first-order valence-corrected chi connectivity index (χ1v) is 4.73. The molecule has 0 bridgehead atoms. The maximum absolute atomic E-state index is 9.87. The molecule has 0 aromatic carbocycles. The molecule has 0 radical (unpaired) electrons. The summed E-state index contributed by atoms with van der Waals surface area (Å²) >= 11 is 1.76. The number of hydrogen-bond acceptors (Lipinski definition) is 3. The Bertz CT molecular complexity index is 128. The molecule has 11 heavy (non-hydrogen) atoms. The van der Waals surface area contributed by atoms with Gasteiger partial charge in [-0.05, 0) is 12.2 Å². The second-order valence-electron chi connectivity index (χ2n) is 2.13. The van der Waals surface area contributed by atoms with Crippen LogP contribution in [0.2, 0.25) is 0 Å². The van der Waals surface area contributed by atoms with Crippen LogP contribution in [0.25, 0.3) is 0 Å². The monoisotopic (exact) mass is 175 g/mol. The van der Waals surface area contributed by atoms with E-state index in [9.17, 15) is 10.1 Å². The number of nitrogens with zero attached hydrogens (tertiary/aromatic N) is 1. The fourth-order valence-corrected chi connectivity index (χ4v) is 1.35. The first-order valence-electron chi connectivity index (χ1n) is 3.58. The maximum atomic E-state index is 9.87. The van der Waals surface area contributed by atoms with Gasteiger partial charge in [0.1, 0.15) is 0 Å². The van der Waals surface area contributed by atoms with Crippen LogP contribution >= 0.6 is 11.8 Å². The minimum absolute atomic E-state index is 0.106. The van der Waals surface area contributed by atoms with Crippen molar-refractivity contribution in [1.82, 2.24) is 0 Å². The zero-order chi connectivity index (χ0) is 8.53. The molecule has 0 amide bonds. The quantitative estimate of drug-likeness (QED) is 0.257. The minimum Gasteiger partial charge on any atom is -0.265 e. The van der Waals surface area contributed by atoms with Crippen LogP contribution in [-0.2, 0) is 0 Å². The number of nitro groups is 1. The standard InChI is InChI=1S/C7H13NO2S/c1-2-6-11-7-4-3-5-8(9)10/h2H,1,3-7H2. The van der Waals surface area contributed by atoms with Gasteiger partial charge in [0.25, 0.3) is 0 Å². The summed E-state index contributed by atoms with van der Waals surface area (Å²) in [5.41, 5.74) is 0. The molecule has 0 rings (SSSR count). The van der Waals surface area contributed by atoms with Crippen LogP contribution in [0.15, 0.2) is 12.7 Å². The number of hydrogen-bond donors (Lipinski definition) is 0. The largest absolute Gasteiger partial charge is 0.265 e. The highest BCUT2D eigenvalue weighted by Crippen LogP contribution is 2.03. The third-order valence-electron chi connectivity index (χ3n) is 1.12. The van der Waals surface area contributed by atoms with Gasteiger partial charge in [-0.25, -0.2) is 0 Å². The van der Waals surface area contributed by atoms with Crippen molar-refractivity contribution < 1.29 is 4.92 Å². The van der Waals surface area contributed by atoms with Gasteiger partial charge in [-0.3, -0.25) is 10.1 Å². The Balaban J connectivity index is 2.90. The molecule has 3 nitrogen and oxygen atoms in total. The van der Waals surface area contributed by atoms with Crippen LogP contribution < -0.4 is 0 Å². The highest BCUT2D eigenvalue weighted by atomic mass is 32.2. The van der Waals surface area contributed by atoms with Crippen molar-refractivity contribution in [2.45, 2.75) is 12.8 Å². The van der Waals surface area contributed by atoms with Gasteiger partial charge in [0.05, 0.1) is 0 Å². The molecule has 4 heteroatoms. The Morgan fingerprint density at radius 2 is 2.27 bits per heavy atom. The third-order valence-corrected chi connectivity index (χ3v) is 2.16. The summed E-state index contributed by atoms with van der Waals surface area (Å²) in [5.74, 6) is 1.94. The summed E-state index contributed by atoms with van der Waals surface area (Å²) in [6, 6.07) is 0. The van der Waals surface area contributed by atoms with E-state index in [1.54, 1.807) is 11.8 Å². The van der Waals surface area contributed by atoms with Crippen molar-refractivity contribution >= 4 is 11.8 Å². The van der Waals surface area contributed by atoms with Crippen LogP contribution in [0.1, 0.15) is 12.8 Å². The highest BCUT2D eigenvalue weighted by Gasteiger charge is 1.95. The van der Waals surface area contributed by atoms with Crippen molar-refractivity contribution in [1.29, 1.82) is 0 Å². The fourth-order valence-electron chi connectivity index (χ4n) is 0.612. The lowest BCUT2D eigenvalue weighted by atomic mass is 10.3. The lowest BCUT2D eigenvalue weighted by molar-refractivity contribution is -0.480. The summed E-state index contributed by atoms with van der Waals surface area (Å²) in [7, 11) is 0. The normalized spacial score (nSPS) is 9.45. The lowest BCUT2D eigenvalue weighted by Crippen LogP contribution is -2.00. The van der Waals surface area contributed by atoms with Gasteiger partial charge >= 0.3 is 0 Å². The second kappa shape index (κ2) is 7.60. The van der Waals surface area contributed by atoms with Crippen molar-refractivity contribution in [2.75, 3.05) is 18.1 Å². The van der Waals surface area contributed by atoms with Gasteiger partial charge in [0.15, 0.2) is 0 Å². The summed E-state index contributed by atoms with van der Waals surface area (Å²) in [6.45, 7) is 3.68. The third kappa shape index (κ3) is 9.49. The second-order valence-corrected chi connectivity index (χ2v) is 3.28. The summed E-state index contributed by atoms with van der Waals surface area (Å²) in [6.07, 6.45) is 3.47. The number of rotatable bonds is 7. The molecule has 64 valence electrons. The maximum Gasteiger partial charge on any atom is 0.203 e. The molecular formula is C7H13NO2S. The van der Waals surface area contributed by atoms with Crippen molar-refractivity contribution in [3.63, 3.8) is 0 Å². The first-order chi connectivity index (χ1) is 5.27. The molecule has 0 aliphatic heterocycles. The van der Waals surface area contributed by atoms with Gasteiger partial charge in [-0.1, -0.05) is 6.08 Å². The molecular weight excluding hydrogens is 162 g/mol. The summed E-state index contributed by atoms with van der Waals surface area (Å²) in [5, 5.41) is 9.87. The Morgan fingerprint density at radius 3 is 2.82 bits per heavy atom. The molecule has 0 heterocycles. The molecule has 0 saturated carbocycles. The van der Waals surface area contributed by atoms with E-state index in [0.717, 1.165) is 17.9 Å². The van der Waals surface area contributed by atoms with E-state index in [2.05, 4.69) is 6.58 Å². The van der Waals surface area contributed by atoms with Crippen LogP contribution in [0.3, 0.4) is 0 Å². The summed E-state index contributed by atoms with van der Waals surface area (Å²) < 4.78 is 0. The average Bonchev–Trinajstić information content (AvgIpc) is 1.96. The molecule has 0 aliphatic carbocycles. The van der Waals surface area contributed by atoms with E-state index in [1.165, 1.54) is 0 Å². The van der Waals surface area contributed by atoms with Gasteiger partial charge < -0.3 is 0 Å². The van der Waals surface area contributed by atoms with Crippen molar-refractivity contribution in [3.8, 4) is 0 Å². The molecule has 0 unspecified atom stereocenters. The van der Waals surface area contributed by atoms with Crippen molar-refractivity contribution in [2.24, 2.45) is 0 Å². The molecule has 0 saturated heterocycles. The Kier molecular flexibility index (Phi) is 7.24. The predicted octanol–water partition coefficient (Wildman–Crippen LogP) is 1.96. The zero-order valence-electron chi connectivity index (χ0n) is 6.49. The average molecular weight is 175 g/mol. The van der Waals surface area contributed by atoms with Gasteiger partial charge in [-0.2, -0.15) is 11.8 Å². The minimum atomic E-state index is -0.266. The molecule has 0 spiro atoms. The summed E-state index contributed by atoms with van der Waals surface area (Å²) in [4.78, 5) is 9.61. The Hall–Kier alpha value is -0.510. The number of unbranched alkanes of at least 4 members (excludes halogenated alkanes) is 1. The molecule has 0 aromatic heterocycles. The first kappa shape index (κ1) is 10.5. The van der Waals surface area contributed by atoms with E-state index in [1.807, 2.05) is 6.08 Å². The van der Waals surface area contributed by atoms with E-state index in [-0.39, 0.29) is 11.5 Å². The van der Waals surface area contributed by atoms with Crippen LogP contribution in [-0.4, -0.2) is 23.0 Å². The number of thioether (sulfide) groups is 1. The molecule has 0 aliphatic rings. The molecule has 0 fully saturated rings. The van der Waals surface area contributed by atoms with Gasteiger partial charge in [0, 0.05) is 17.1 Å². The topological polar surface area (TPSA) is 43.1 Å². The molecule has 0 aromatic rings. The molecule has 0 atom stereocenters. The predicted molar refractivity (Wildman–Crippen MR) is 48.6 cm³/mol. The van der Waals surface area contributed by atoms with Gasteiger partial charge in [0.2, 0.25) is 6.54 Å². The van der Waals surface area contributed by atoms with Gasteiger partial charge in [-0.15, -0.1) is 6.58 Å². The van der Waals surface area contributed by atoms with Crippen LogP contribution in [0.4, 0.5) is 0 Å². The smallest absolute Gasteiger partial charge is 0.203 e. The van der Waals surface area contributed by atoms with E-state index in [4.69, 9.17) is 0 Å². The Labute approximate surface area is 71.0 Å². The van der Waals surface area contributed by atoms with E-state index >= 15 is 0 Å². The van der Waals surface area contributed by atoms with Crippen LogP contribution in [0, 0.1) is 10.1 Å². The van der Waals surface area contributed by atoms with Crippen molar-refractivity contribution in [3.05, 3.63) is 22.8 Å². The zero-order valence-corrected chi connectivity index (χ0v) is 7.31. The highest BCUT2D eigenvalue weighted by molar-refractivity contribution is 7.99. The van der Waals surface area contributed by atoms with Crippen LogP contribution in [0.5, 0.6) is 0 Å². The SMILES string of the molecule is C=CCSCCCC[N+](=O)[O-]. The lowest BCUT2D eigenvalue weighted by Gasteiger charge is -1.94.